The maximum atomic E-state index is 12.3. The Kier molecular flexibility index (Phi) is 6.00. The van der Waals surface area contributed by atoms with Gasteiger partial charge in [-0.25, -0.2) is 13.1 Å². The van der Waals surface area contributed by atoms with Gasteiger partial charge in [0.1, 0.15) is 16.4 Å². The molecule has 7 heteroatoms. The lowest BCUT2D eigenvalue weighted by atomic mass is 10.0. The summed E-state index contributed by atoms with van der Waals surface area (Å²) in [6, 6.07) is 4.45. The highest BCUT2D eigenvalue weighted by molar-refractivity contribution is 7.89. The fourth-order valence-electron chi connectivity index (χ4n) is 1.95. The molecule has 0 aliphatic rings. The van der Waals surface area contributed by atoms with Gasteiger partial charge in [0.15, 0.2) is 0 Å². The van der Waals surface area contributed by atoms with E-state index >= 15 is 0 Å². The third kappa shape index (κ3) is 4.87. The Balaban J connectivity index is 2.98. The number of sulfonamides is 1. The monoisotopic (exact) mass is 317 g/mol. The van der Waals surface area contributed by atoms with E-state index in [0.717, 1.165) is 6.42 Å². The van der Waals surface area contributed by atoms with Gasteiger partial charge in [-0.15, -0.1) is 0 Å². The van der Waals surface area contributed by atoms with Crippen molar-refractivity contribution in [2.75, 3.05) is 20.8 Å². The van der Waals surface area contributed by atoms with Gasteiger partial charge in [0.25, 0.3) is 0 Å². The molecule has 1 unspecified atom stereocenters. The van der Waals surface area contributed by atoms with Gasteiger partial charge >= 0.3 is 0 Å². The number of methoxy groups -OCH3 is 2. The first-order valence-electron chi connectivity index (χ1n) is 6.70. The number of aliphatic hydroxyl groups is 1. The van der Waals surface area contributed by atoms with Crippen LogP contribution in [-0.2, 0) is 10.0 Å². The molecule has 0 radical (unpaired) electrons. The summed E-state index contributed by atoms with van der Waals surface area (Å²) in [7, 11) is -0.891. The molecule has 1 atom stereocenters. The van der Waals surface area contributed by atoms with Crippen LogP contribution in [0.25, 0.3) is 0 Å². The highest BCUT2D eigenvalue weighted by atomic mass is 32.2. The molecule has 120 valence electrons. The molecule has 0 bridgehead atoms. The second-order valence-electron chi connectivity index (χ2n) is 5.09. The van der Waals surface area contributed by atoms with Crippen molar-refractivity contribution in [1.29, 1.82) is 0 Å². The average molecular weight is 317 g/mol. The Hall–Kier alpha value is -1.31. The topological polar surface area (TPSA) is 84.9 Å². The van der Waals surface area contributed by atoms with Crippen LogP contribution in [0.3, 0.4) is 0 Å². The summed E-state index contributed by atoms with van der Waals surface area (Å²) in [5, 5.41) is 10.1. The Bertz CT molecular complexity index is 569. The van der Waals surface area contributed by atoms with Crippen LogP contribution >= 0.6 is 0 Å². The summed E-state index contributed by atoms with van der Waals surface area (Å²) < 4.78 is 37.2. The van der Waals surface area contributed by atoms with Crippen LogP contribution in [-0.4, -0.2) is 39.9 Å². The molecule has 2 N–H and O–H groups in total. The number of ether oxygens (including phenoxy) is 2. The van der Waals surface area contributed by atoms with Crippen LogP contribution in [0.4, 0.5) is 0 Å². The number of nitrogens with one attached hydrogen (secondary N) is 1. The minimum atomic E-state index is -3.77. The van der Waals surface area contributed by atoms with Crippen molar-refractivity contribution in [3.05, 3.63) is 18.2 Å². The van der Waals surface area contributed by atoms with Crippen molar-refractivity contribution in [3.8, 4) is 11.5 Å². The van der Waals surface area contributed by atoms with E-state index in [-0.39, 0.29) is 17.2 Å². The first-order valence-corrected chi connectivity index (χ1v) is 8.18. The van der Waals surface area contributed by atoms with E-state index in [1.54, 1.807) is 13.0 Å². The highest BCUT2D eigenvalue weighted by Gasteiger charge is 2.25. The smallest absolute Gasteiger partial charge is 0.244 e. The normalized spacial score (nSPS) is 14.5. The summed E-state index contributed by atoms with van der Waals surface area (Å²) in [6.07, 6.45) is 1.27. The first kappa shape index (κ1) is 17.7. The Morgan fingerprint density at radius 3 is 2.48 bits per heavy atom. The molecule has 0 aromatic heterocycles. The molecule has 0 heterocycles. The summed E-state index contributed by atoms with van der Waals surface area (Å²) in [5.41, 5.74) is -1.08. The maximum Gasteiger partial charge on any atom is 0.244 e. The van der Waals surface area contributed by atoms with Gasteiger partial charge in [0, 0.05) is 12.6 Å². The molecule has 0 fully saturated rings. The second kappa shape index (κ2) is 7.11. The van der Waals surface area contributed by atoms with Crippen molar-refractivity contribution >= 4 is 10.0 Å². The van der Waals surface area contributed by atoms with E-state index in [0.29, 0.717) is 12.2 Å². The summed E-state index contributed by atoms with van der Waals surface area (Å²) in [5.74, 6) is 0.695. The fourth-order valence-corrected chi connectivity index (χ4v) is 3.26. The maximum absolute atomic E-state index is 12.3. The predicted molar refractivity (Wildman–Crippen MR) is 80.3 cm³/mol. The van der Waals surface area contributed by atoms with Gasteiger partial charge in [-0.1, -0.05) is 13.3 Å². The molecule has 0 amide bonds. The van der Waals surface area contributed by atoms with Crippen LogP contribution in [0.5, 0.6) is 11.5 Å². The zero-order valence-electron chi connectivity index (χ0n) is 12.8. The molecule has 1 aromatic carbocycles. The van der Waals surface area contributed by atoms with Gasteiger partial charge in [0.05, 0.1) is 19.8 Å². The van der Waals surface area contributed by atoms with Gasteiger partial charge in [-0.05, 0) is 25.5 Å². The zero-order valence-corrected chi connectivity index (χ0v) is 13.7. The fraction of sp³-hybridized carbons (Fsp3) is 0.571. The average Bonchev–Trinajstić information content (AvgIpc) is 2.44. The summed E-state index contributed by atoms with van der Waals surface area (Å²) in [6.45, 7) is 3.47. The standard InChI is InChI=1S/C14H23NO5S/c1-5-8-14(2,16)10-15-21(17,18)13-7-6-11(19-3)9-12(13)20-4/h6-7,9,15-16H,5,8,10H2,1-4H3. The Labute approximate surface area is 126 Å². The molecule has 0 saturated heterocycles. The van der Waals surface area contributed by atoms with Crippen LogP contribution in [0.15, 0.2) is 23.1 Å². The SMILES string of the molecule is CCCC(C)(O)CNS(=O)(=O)c1ccc(OC)cc1OC. The van der Waals surface area contributed by atoms with E-state index in [1.165, 1.54) is 26.4 Å². The minimum Gasteiger partial charge on any atom is -0.497 e. The number of benzene rings is 1. The van der Waals surface area contributed by atoms with Gasteiger partial charge in [-0.2, -0.15) is 0 Å². The Morgan fingerprint density at radius 2 is 1.95 bits per heavy atom. The largest absolute Gasteiger partial charge is 0.497 e. The lowest BCUT2D eigenvalue weighted by Crippen LogP contribution is -2.40. The van der Waals surface area contributed by atoms with Crippen LogP contribution in [0.2, 0.25) is 0 Å². The molecular weight excluding hydrogens is 294 g/mol. The van der Waals surface area contributed by atoms with E-state index in [4.69, 9.17) is 9.47 Å². The molecule has 6 nitrogen and oxygen atoms in total. The van der Waals surface area contributed by atoms with E-state index < -0.39 is 15.6 Å². The van der Waals surface area contributed by atoms with Gasteiger partial charge < -0.3 is 14.6 Å². The lowest BCUT2D eigenvalue weighted by molar-refractivity contribution is 0.0554. The van der Waals surface area contributed by atoms with E-state index in [9.17, 15) is 13.5 Å². The van der Waals surface area contributed by atoms with Crippen molar-refractivity contribution in [3.63, 3.8) is 0 Å². The van der Waals surface area contributed by atoms with E-state index in [2.05, 4.69) is 4.72 Å². The van der Waals surface area contributed by atoms with Crippen LogP contribution < -0.4 is 14.2 Å². The van der Waals surface area contributed by atoms with Crippen LogP contribution in [0.1, 0.15) is 26.7 Å². The van der Waals surface area contributed by atoms with Gasteiger partial charge in [0.2, 0.25) is 10.0 Å². The third-order valence-corrected chi connectivity index (χ3v) is 4.53. The number of rotatable bonds is 8. The lowest BCUT2D eigenvalue weighted by Gasteiger charge is -2.23. The minimum absolute atomic E-state index is 0.0121. The van der Waals surface area contributed by atoms with Crippen molar-refractivity contribution in [2.24, 2.45) is 0 Å². The van der Waals surface area contributed by atoms with Crippen LogP contribution in [0, 0.1) is 0 Å². The first-order chi connectivity index (χ1) is 9.75. The molecule has 21 heavy (non-hydrogen) atoms. The molecule has 0 aliphatic heterocycles. The Morgan fingerprint density at radius 1 is 1.29 bits per heavy atom. The van der Waals surface area contributed by atoms with Crippen molar-refractivity contribution < 1.29 is 23.0 Å². The summed E-state index contributed by atoms with van der Waals surface area (Å²) in [4.78, 5) is 0.0121. The molecule has 0 saturated carbocycles. The molecule has 0 spiro atoms. The van der Waals surface area contributed by atoms with E-state index in [1.807, 2.05) is 6.92 Å². The highest BCUT2D eigenvalue weighted by Crippen LogP contribution is 2.28. The number of hydrogen-bond donors (Lipinski definition) is 2. The quantitative estimate of drug-likeness (QED) is 0.759. The van der Waals surface area contributed by atoms with Crippen molar-refractivity contribution in [2.45, 2.75) is 37.2 Å². The molecule has 0 aliphatic carbocycles. The molecule has 1 aromatic rings. The third-order valence-electron chi connectivity index (χ3n) is 3.09. The zero-order chi connectivity index (χ0) is 16.1. The second-order valence-corrected chi connectivity index (χ2v) is 6.82. The number of hydrogen-bond acceptors (Lipinski definition) is 5. The molecular formula is C14H23NO5S. The van der Waals surface area contributed by atoms with Gasteiger partial charge in [-0.3, -0.25) is 0 Å². The van der Waals surface area contributed by atoms with Crippen molar-refractivity contribution in [1.82, 2.24) is 4.72 Å². The predicted octanol–water partition coefficient (Wildman–Crippen LogP) is 1.53. The molecule has 1 rings (SSSR count). The summed E-state index contributed by atoms with van der Waals surface area (Å²) >= 11 is 0.